The van der Waals surface area contributed by atoms with E-state index in [-0.39, 0.29) is 5.38 Å². The number of aromatic nitrogens is 1. The summed E-state index contributed by atoms with van der Waals surface area (Å²) in [6.07, 6.45) is 2.18. The van der Waals surface area contributed by atoms with Crippen molar-refractivity contribution in [3.63, 3.8) is 0 Å². The van der Waals surface area contributed by atoms with Crippen molar-refractivity contribution in [1.29, 1.82) is 0 Å². The highest BCUT2D eigenvalue weighted by Crippen LogP contribution is 2.17. The molecule has 0 saturated carbocycles. The Labute approximate surface area is 120 Å². The van der Waals surface area contributed by atoms with Gasteiger partial charge in [-0.15, -0.1) is 11.6 Å². The van der Waals surface area contributed by atoms with Crippen LogP contribution >= 0.6 is 11.6 Å². The first-order valence-corrected chi connectivity index (χ1v) is 7.30. The summed E-state index contributed by atoms with van der Waals surface area (Å²) in [6, 6.07) is 10.5. The summed E-state index contributed by atoms with van der Waals surface area (Å²) in [5.74, 6) is 0. The van der Waals surface area contributed by atoms with Crippen molar-refractivity contribution < 1.29 is 0 Å². The van der Waals surface area contributed by atoms with Crippen molar-refractivity contribution in [2.75, 3.05) is 6.54 Å². The van der Waals surface area contributed by atoms with E-state index >= 15 is 0 Å². The smallest absolute Gasteiger partial charge is 0.0708 e. The molecule has 0 spiro atoms. The molecule has 0 bridgehead atoms. The highest BCUT2D eigenvalue weighted by molar-refractivity contribution is 6.20. The third kappa shape index (κ3) is 4.19. The molecule has 1 aromatic carbocycles. The van der Waals surface area contributed by atoms with Crippen molar-refractivity contribution in [2.45, 2.75) is 38.6 Å². The maximum atomic E-state index is 5.94. The predicted octanol–water partition coefficient (Wildman–Crippen LogP) is 4.04. The summed E-state index contributed by atoms with van der Waals surface area (Å²) in [7, 11) is 0. The van der Waals surface area contributed by atoms with Crippen LogP contribution < -0.4 is 5.32 Å². The van der Waals surface area contributed by atoms with E-state index < -0.39 is 0 Å². The average Bonchev–Trinajstić information content (AvgIpc) is 2.37. The molecule has 2 rings (SSSR count). The van der Waals surface area contributed by atoms with Crippen LogP contribution in [0.1, 0.15) is 31.0 Å². The van der Waals surface area contributed by atoms with Crippen LogP contribution in [0.4, 0.5) is 0 Å². The molecule has 1 unspecified atom stereocenters. The van der Waals surface area contributed by atoms with Crippen LogP contribution in [0.25, 0.3) is 10.9 Å². The van der Waals surface area contributed by atoms with E-state index in [1.807, 2.05) is 19.9 Å². The Balaban J connectivity index is 2.00. The number of benzene rings is 1. The standard InChI is InChI=1S/C16H21ClN2/c1-12(17)6-5-9-18-11-14-10-13(2)19-16-8-4-3-7-15(14)16/h3-4,7-8,10,12,18H,5-6,9,11H2,1-2H3. The first kappa shape index (κ1) is 14.3. The summed E-state index contributed by atoms with van der Waals surface area (Å²) in [4.78, 5) is 4.56. The lowest BCUT2D eigenvalue weighted by Crippen LogP contribution is -2.16. The summed E-state index contributed by atoms with van der Waals surface area (Å²) in [5, 5.41) is 5.00. The van der Waals surface area contributed by atoms with Gasteiger partial charge in [0.2, 0.25) is 0 Å². The van der Waals surface area contributed by atoms with Gasteiger partial charge in [-0.25, -0.2) is 0 Å². The van der Waals surface area contributed by atoms with Gasteiger partial charge >= 0.3 is 0 Å². The van der Waals surface area contributed by atoms with Gasteiger partial charge in [0.05, 0.1) is 5.52 Å². The van der Waals surface area contributed by atoms with Gasteiger partial charge in [-0.2, -0.15) is 0 Å². The number of para-hydroxylation sites is 1. The van der Waals surface area contributed by atoms with E-state index in [0.29, 0.717) is 0 Å². The van der Waals surface area contributed by atoms with Gasteiger partial charge in [0.25, 0.3) is 0 Å². The van der Waals surface area contributed by atoms with Gasteiger partial charge in [0.1, 0.15) is 0 Å². The zero-order valence-electron chi connectivity index (χ0n) is 11.6. The van der Waals surface area contributed by atoms with Crippen molar-refractivity contribution in [3.8, 4) is 0 Å². The minimum absolute atomic E-state index is 0.269. The number of aryl methyl sites for hydroxylation is 1. The number of fused-ring (bicyclic) bond motifs is 1. The molecule has 102 valence electrons. The van der Waals surface area contributed by atoms with Crippen LogP contribution in [-0.2, 0) is 6.54 Å². The van der Waals surface area contributed by atoms with Gasteiger partial charge in [-0.3, -0.25) is 4.98 Å². The summed E-state index contributed by atoms with van der Waals surface area (Å²) in [6.45, 7) is 5.99. The molecule has 0 amide bonds. The fraction of sp³-hybridized carbons (Fsp3) is 0.438. The topological polar surface area (TPSA) is 24.9 Å². The molecule has 0 aliphatic carbocycles. The number of nitrogens with zero attached hydrogens (tertiary/aromatic N) is 1. The SMILES string of the molecule is Cc1cc(CNCCCC(C)Cl)c2ccccc2n1. The second-order valence-electron chi connectivity index (χ2n) is 5.04. The van der Waals surface area contributed by atoms with E-state index in [0.717, 1.165) is 37.1 Å². The fourth-order valence-corrected chi connectivity index (χ4v) is 2.43. The number of alkyl halides is 1. The molecule has 1 N–H and O–H groups in total. The van der Waals surface area contributed by atoms with E-state index in [2.05, 4.69) is 34.6 Å². The summed E-state index contributed by atoms with van der Waals surface area (Å²) < 4.78 is 0. The number of nitrogens with one attached hydrogen (secondary N) is 1. The average molecular weight is 277 g/mol. The van der Waals surface area contributed by atoms with E-state index in [1.165, 1.54) is 10.9 Å². The van der Waals surface area contributed by atoms with Crippen LogP contribution in [0.5, 0.6) is 0 Å². The Morgan fingerprint density at radius 2 is 2.11 bits per heavy atom. The monoisotopic (exact) mass is 276 g/mol. The first-order chi connectivity index (χ1) is 9.16. The van der Waals surface area contributed by atoms with Crippen molar-refractivity contribution >= 4 is 22.5 Å². The minimum atomic E-state index is 0.269. The fourth-order valence-electron chi connectivity index (χ4n) is 2.27. The number of rotatable bonds is 6. The number of pyridine rings is 1. The molecule has 0 saturated heterocycles. The molecule has 0 radical (unpaired) electrons. The molecule has 3 heteroatoms. The van der Waals surface area contributed by atoms with E-state index in [9.17, 15) is 0 Å². The molecule has 1 atom stereocenters. The Bertz CT molecular complexity index is 537. The maximum Gasteiger partial charge on any atom is 0.0708 e. The largest absolute Gasteiger partial charge is 0.313 e. The normalized spacial score (nSPS) is 12.8. The maximum absolute atomic E-state index is 5.94. The van der Waals surface area contributed by atoms with Crippen molar-refractivity contribution in [1.82, 2.24) is 10.3 Å². The first-order valence-electron chi connectivity index (χ1n) is 6.87. The minimum Gasteiger partial charge on any atom is -0.313 e. The molecule has 2 aromatic rings. The highest BCUT2D eigenvalue weighted by atomic mass is 35.5. The summed E-state index contributed by atoms with van der Waals surface area (Å²) in [5.41, 5.74) is 3.47. The molecule has 1 aromatic heterocycles. The molecule has 0 fully saturated rings. The second-order valence-corrected chi connectivity index (χ2v) is 5.78. The van der Waals surface area contributed by atoms with E-state index in [4.69, 9.17) is 11.6 Å². The number of hydrogen-bond donors (Lipinski definition) is 1. The lowest BCUT2D eigenvalue weighted by molar-refractivity contribution is 0.620. The number of halogens is 1. The zero-order valence-corrected chi connectivity index (χ0v) is 12.4. The Hall–Kier alpha value is -1.12. The second kappa shape index (κ2) is 6.88. The van der Waals surface area contributed by atoms with Crippen LogP contribution in [-0.4, -0.2) is 16.9 Å². The van der Waals surface area contributed by atoms with Gasteiger partial charge in [-0.05, 0) is 50.9 Å². The van der Waals surface area contributed by atoms with Crippen LogP contribution in [0.2, 0.25) is 0 Å². The molecular weight excluding hydrogens is 256 g/mol. The molecule has 19 heavy (non-hydrogen) atoms. The predicted molar refractivity (Wildman–Crippen MR) is 82.7 cm³/mol. The Morgan fingerprint density at radius 3 is 2.89 bits per heavy atom. The zero-order chi connectivity index (χ0) is 13.7. The Kier molecular flexibility index (Phi) is 5.17. The van der Waals surface area contributed by atoms with Crippen molar-refractivity contribution in [3.05, 3.63) is 41.6 Å². The van der Waals surface area contributed by atoms with Gasteiger partial charge in [0, 0.05) is 23.0 Å². The third-order valence-corrected chi connectivity index (χ3v) is 3.42. The highest BCUT2D eigenvalue weighted by Gasteiger charge is 2.03. The molecule has 0 aliphatic heterocycles. The number of hydrogen-bond acceptors (Lipinski definition) is 2. The van der Waals surface area contributed by atoms with Crippen LogP contribution in [0.15, 0.2) is 30.3 Å². The lowest BCUT2D eigenvalue weighted by atomic mass is 10.1. The van der Waals surface area contributed by atoms with E-state index in [1.54, 1.807) is 0 Å². The summed E-state index contributed by atoms with van der Waals surface area (Å²) >= 11 is 5.94. The van der Waals surface area contributed by atoms with Gasteiger partial charge < -0.3 is 5.32 Å². The van der Waals surface area contributed by atoms with Crippen LogP contribution in [0, 0.1) is 6.92 Å². The Morgan fingerprint density at radius 1 is 1.32 bits per heavy atom. The third-order valence-electron chi connectivity index (χ3n) is 3.20. The lowest BCUT2D eigenvalue weighted by Gasteiger charge is -2.09. The van der Waals surface area contributed by atoms with Crippen LogP contribution in [0.3, 0.4) is 0 Å². The molecule has 1 heterocycles. The molecular formula is C16H21ClN2. The van der Waals surface area contributed by atoms with Gasteiger partial charge in [-0.1, -0.05) is 18.2 Å². The molecule has 2 nitrogen and oxygen atoms in total. The molecule has 0 aliphatic rings. The van der Waals surface area contributed by atoms with Crippen molar-refractivity contribution in [2.24, 2.45) is 0 Å². The quantitative estimate of drug-likeness (QED) is 0.636. The van der Waals surface area contributed by atoms with Gasteiger partial charge in [0.15, 0.2) is 0 Å².